The summed E-state index contributed by atoms with van der Waals surface area (Å²) in [5.41, 5.74) is 4.73. The maximum absolute atomic E-state index is 13.1. The van der Waals surface area contributed by atoms with Crippen molar-refractivity contribution in [2.75, 3.05) is 18.6 Å². The molecule has 1 aliphatic heterocycles. The van der Waals surface area contributed by atoms with E-state index in [0.29, 0.717) is 18.2 Å². The highest BCUT2D eigenvalue weighted by molar-refractivity contribution is 9.10. The van der Waals surface area contributed by atoms with E-state index in [1.807, 2.05) is 54.3 Å². The molecule has 9 nitrogen and oxygen atoms in total. The molecule has 4 aromatic rings. The van der Waals surface area contributed by atoms with Crippen molar-refractivity contribution < 1.29 is 14.3 Å². The van der Waals surface area contributed by atoms with E-state index in [9.17, 15) is 4.79 Å². The van der Waals surface area contributed by atoms with Gasteiger partial charge in [-0.25, -0.2) is 4.98 Å². The predicted octanol–water partition coefficient (Wildman–Crippen LogP) is 4.55. The third-order valence-corrected chi connectivity index (χ3v) is 6.51. The lowest BCUT2D eigenvalue weighted by Gasteiger charge is -2.19. The molecular weight excluding hydrogens is 536 g/mol. The molecule has 1 aliphatic rings. The van der Waals surface area contributed by atoms with Gasteiger partial charge in [0, 0.05) is 29.0 Å². The van der Waals surface area contributed by atoms with Gasteiger partial charge in [-0.1, -0.05) is 34.1 Å². The molecule has 0 saturated heterocycles. The summed E-state index contributed by atoms with van der Waals surface area (Å²) in [7, 11) is 1.67. The first-order valence-corrected chi connectivity index (χ1v) is 12.5. The highest BCUT2D eigenvalue weighted by atomic mass is 79.9. The van der Waals surface area contributed by atoms with Crippen molar-refractivity contribution in [2.45, 2.75) is 26.5 Å². The standard InChI is InChI=1S/C27H25BrN6O3/c1-17-12-30-20(13-29-17)14-31-25(35)22-15-32-27(33-26(22)37-16-18-6-8-19(28)9-7-18)34-11-10-21-23(34)4-3-5-24(21)36-2/h3-9,12-13,15H,10-11,14,16H2,1-2H3,(H,31,35). The van der Waals surface area contributed by atoms with Crippen molar-refractivity contribution in [3.8, 4) is 11.6 Å². The normalized spacial score (nSPS) is 12.2. The van der Waals surface area contributed by atoms with Crippen LogP contribution in [0.1, 0.15) is 32.9 Å². The summed E-state index contributed by atoms with van der Waals surface area (Å²) in [6.45, 7) is 3.02. The zero-order valence-corrected chi connectivity index (χ0v) is 22.0. The topological polar surface area (TPSA) is 102 Å². The van der Waals surface area contributed by atoms with Crippen molar-refractivity contribution in [3.05, 3.63) is 93.6 Å². The first-order valence-electron chi connectivity index (χ1n) is 11.7. The summed E-state index contributed by atoms with van der Waals surface area (Å²) in [5, 5.41) is 2.86. The number of amides is 1. The maximum Gasteiger partial charge on any atom is 0.258 e. The first-order chi connectivity index (χ1) is 18.0. The largest absolute Gasteiger partial charge is 0.496 e. The Kier molecular flexibility index (Phi) is 7.27. The van der Waals surface area contributed by atoms with Crippen LogP contribution in [0, 0.1) is 6.92 Å². The van der Waals surface area contributed by atoms with Crippen molar-refractivity contribution >= 4 is 33.5 Å². The van der Waals surface area contributed by atoms with Gasteiger partial charge in [-0.2, -0.15) is 4.98 Å². The molecule has 0 atom stereocenters. The summed E-state index contributed by atoms with van der Waals surface area (Å²) in [6, 6.07) is 13.7. The molecule has 5 rings (SSSR count). The van der Waals surface area contributed by atoms with Crippen LogP contribution in [-0.2, 0) is 19.6 Å². The van der Waals surface area contributed by atoms with Gasteiger partial charge in [0.1, 0.15) is 17.9 Å². The number of halogens is 1. The maximum atomic E-state index is 13.1. The molecule has 0 saturated carbocycles. The second-order valence-electron chi connectivity index (χ2n) is 8.50. The highest BCUT2D eigenvalue weighted by Gasteiger charge is 2.27. The average Bonchev–Trinajstić information content (AvgIpc) is 3.36. The number of nitrogens with one attached hydrogen (secondary N) is 1. The molecule has 37 heavy (non-hydrogen) atoms. The predicted molar refractivity (Wildman–Crippen MR) is 142 cm³/mol. The molecule has 0 spiro atoms. The number of anilines is 2. The monoisotopic (exact) mass is 560 g/mol. The molecule has 0 fully saturated rings. The summed E-state index contributed by atoms with van der Waals surface area (Å²) < 4.78 is 12.6. The number of aryl methyl sites for hydroxylation is 1. The van der Waals surface area contributed by atoms with E-state index >= 15 is 0 Å². The van der Waals surface area contributed by atoms with Gasteiger partial charge in [-0.3, -0.25) is 14.8 Å². The highest BCUT2D eigenvalue weighted by Crippen LogP contribution is 2.38. The van der Waals surface area contributed by atoms with E-state index < -0.39 is 0 Å². The van der Waals surface area contributed by atoms with Crippen LogP contribution in [0.3, 0.4) is 0 Å². The number of nitrogens with zero attached hydrogens (tertiary/aromatic N) is 5. The number of aromatic nitrogens is 4. The molecule has 2 aromatic heterocycles. The van der Waals surface area contributed by atoms with Crippen LogP contribution in [0.5, 0.6) is 11.6 Å². The average molecular weight is 561 g/mol. The fourth-order valence-corrected chi connectivity index (χ4v) is 4.33. The summed E-state index contributed by atoms with van der Waals surface area (Å²) in [4.78, 5) is 32.9. The number of hydrogen-bond acceptors (Lipinski definition) is 8. The smallest absolute Gasteiger partial charge is 0.258 e. The Morgan fingerprint density at radius 3 is 2.68 bits per heavy atom. The van der Waals surface area contributed by atoms with Gasteiger partial charge in [-0.05, 0) is 43.2 Å². The van der Waals surface area contributed by atoms with Crippen molar-refractivity contribution in [2.24, 2.45) is 0 Å². The Balaban J connectivity index is 1.42. The lowest BCUT2D eigenvalue weighted by Crippen LogP contribution is -2.25. The van der Waals surface area contributed by atoms with E-state index in [1.54, 1.807) is 19.5 Å². The molecular formula is C27H25BrN6O3. The zero-order chi connectivity index (χ0) is 25.8. The fraction of sp³-hybridized carbons (Fsp3) is 0.222. The van der Waals surface area contributed by atoms with Crippen molar-refractivity contribution in [1.82, 2.24) is 25.3 Å². The quantitative estimate of drug-likeness (QED) is 0.335. The number of benzene rings is 2. The number of ether oxygens (including phenoxy) is 2. The lowest BCUT2D eigenvalue weighted by molar-refractivity contribution is 0.0944. The fourth-order valence-electron chi connectivity index (χ4n) is 4.06. The first kappa shape index (κ1) is 24.6. The van der Waals surface area contributed by atoms with Crippen LogP contribution in [0.2, 0.25) is 0 Å². The number of methoxy groups -OCH3 is 1. The molecule has 3 heterocycles. The third-order valence-electron chi connectivity index (χ3n) is 5.98. The van der Waals surface area contributed by atoms with Crippen LogP contribution in [0.15, 0.2) is 65.5 Å². The van der Waals surface area contributed by atoms with E-state index in [2.05, 4.69) is 41.2 Å². The Morgan fingerprint density at radius 1 is 1.08 bits per heavy atom. The number of rotatable bonds is 8. The number of fused-ring (bicyclic) bond motifs is 1. The summed E-state index contributed by atoms with van der Waals surface area (Å²) in [6.07, 6.45) is 5.61. The molecule has 188 valence electrons. The minimum absolute atomic E-state index is 0.205. The van der Waals surface area contributed by atoms with Gasteiger partial charge in [0.2, 0.25) is 11.8 Å². The minimum atomic E-state index is -0.358. The molecule has 0 unspecified atom stereocenters. The van der Waals surface area contributed by atoms with Gasteiger partial charge in [0.05, 0.1) is 36.9 Å². The Bertz CT molecular complexity index is 1410. The van der Waals surface area contributed by atoms with Crippen molar-refractivity contribution in [3.63, 3.8) is 0 Å². The molecule has 2 aromatic carbocycles. The summed E-state index contributed by atoms with van der Waals surface area (Å²) >= 11 is 3.44. The van der Waals surface area contributed by atoms with Crippen LogP contribution < -0.4 is 19.7 Å². The molecule has 1 N–H and O–H groups in total. The van der Waals surface area contributed by atoms with Crippen LogP contribution in [0.4, 0.5) is 11.6 Å². The Morgan fingerprint density at radius 2 is 1.92 bits per heavy atom. The molecule has 0 aliphatic carbocycles. The Labute approximate surface area is 223 Å². The van der Waals surface area contributed by atoms with Crippen molar-refractivity contribution in [1.29, 1.82) is 0 Å². The van der Waals surface area contributed by atoms with Crippen LogP contribution in [-0.4, -0.2) is 39.5 Å². The lowest BCUT2D eigenvalue weighted by atomic mass is 10.1. The van der Waals surface area contributed by atoms with E-state index in [4.69, 9.17) is 9.47 Å². The number of carbonyl (C=O) groups is 1. The number of hydrogen-bond donors (Lipinski definition) is 1. The zero-order valence-electron chi connectivity index (χ0n) is 20.4. The van der Waals surface area contributed by atoms with Gasteiger partial charge in [0.15, 0.2) is 0 Å². The molecule has 0 radical (unpaired) electrons. The minimum Gasteiger partial charge on any atom is -0.496 e. The second kappa shape index (κ2) is 10.9. The van der Waals surface area contributed by atoms with Crippen LogP contribution in [0.25, 0.3) is 0 Å². The second-order valence-corrected chi connectivity index (χ2v) is 9.41. The van der Waals surface area contributed by atoms with E-state index in [-0.39, 0.29) is 30.5 Å². The molecule has 0 bridgehead atoms. The van der Waals surface area contributed by atoms with E-state index in [0.717, 1.165) is 39.2 Å². The van der Waals surface area contributed by atoms with Crippen LogP contribution >= 0.6 is 15.9 Å². The Hall–Kier alpha value is -4.05. The van der Waals surface area contributed by atoms with E-state index in [1.165, 1.54) is 6.20 Å². The summed E-state index contributed by atoms with van der Waals surface area (Å²) in [5.74, 6) is 1.14. The van der Waals surface area contributed by atoms with Gasteiger partial charge >= 0.3 is 0 Å². The molecule has 1 amide bonds. The van der Waals surface area contributed by atoms with Gasteiger partial charge in [-0.15, -0.1) is 0 Å². The SMILES string of the molecule is COc1cccc2c1CCN2c1ncc(C(=O)NCc2cnc(C)cn2)c(OCc2ccc(Br)cc2)n1. The van der Waals surface area contributed by atoms with Gasteiger partial charge < -0.3 is 19.7 Å². The van der Waals surface area contributed by atoms with Gasteiger partial charge in [0.25, 0.3) is 5.91 Å². The molecule has 10 heteroatoms. The third kappa shape index (κ3) is 5.54. The number of carbonyl (C=O) groups excluding carboxylic acids is 1.